The molecule has 0 rings (SSSR count). The van der Waals surface area contributed by atoms with Crippen molar-refractivity contribution in [3.63, 3.8) is 0 Å². The molecule has 0 fully saturated rings. The molecule has 0 amide bonds. The van der Waals surface area contributed by atoms with Crippen molar-refractivity contribution in [2.45, 2.75) is 0 Å². The number of hydrogen-bond acceptors (Lipinski definition) is 7. The van der Waals surface area contributed by atoms with Gasteiger partial charge in [0.05, 0.1) is 5.09 Å². The fourth-order valence-electron chi connectivity index (χ4n) is 0. The second-order valence-electron chi connectivity index (χ2n) is 0.632. The third-order valence-corrected chi connectivity index (χ3v) is 0. The molecule has 0 heterocycles. The Morgan fingerprint density at radius 1 is 0.917 bits per heavy atom. The number of hydrogen-bond donors (Lipinski definition) is 0. The monoisotopic (exact) mass is 227 g/mol. The summed E-state index contributed by atoms with van der Waals surface area (Å²) < 4.78 is 34.1. The van der Waals surface area contributed by atoms with Crippen molar-refractivity contribution in [2.75, 3.05) is 0 Å². The van der Waals surface area contributed by atoms with E-state index in [1.807, 2.05) is 0 Å². The molecule has 56 valence electrons. The van der Waals surface area contributed by atoms with Gasteiger partial charge < -0.3 is 24.4 Å². The molecule has 0 spiro atoms. The standard InChI is InChI=1S/NO3.3Na.H2O4S/c2-1(3)4;;;;1-5(2,3)4/h;;;;(H2,1,2,3,4)/q-1;3*+1;/p-2. The van der Waals surface area contributed by atoms with E-state index < -0.39 is 15.5 Å². The van der Waals surface area contributed by atoms with Crippen LogP contribution < -0.4 is 88.7 Å². The summed E-state index contributed by atoms with van der Waals surface area (Å²) in [6.45, 7) is 0. The quantitative estimate of drug-likeness (QED) is 0.131. The first-order valence-corrected chi connectivity index (χ1v) is 2.55. The summed E-state index contributed by atoms with van der Waals surface area (Å²) in [5.74, 6) is 0. The summed E-state index contributed by atoms with van der Waals surface area (Å²) in [6.07, 6.45) is 0. The van der Waals surface area contributed by atoms with E-state index in [1.165, 1.54) is 0 Å². The van der Waals surface area contributed by atoms with Crippen LogP contribution in [0.3, 0.4) is 0 Å². The van der Waals surface area contributed by atoms with Gasteiger partial charge in [-0.15, -0.1) is 0 Å². The first-order valence-electron chi connectivity index (χ1n) is 1.21. The normalized spacial score (nSPS) is 6.83. The van der Waals surface area contributed by atoms with Crippen molar-refractivity contribution in [1.29, 1.82) is 0 Å². The van der Waals surface area contributed by atoms with Crippen LogP contribution in [0, 0.1) is 15.3 Å². The molecule has 0 atom stereocenters. The number of rotatable bonds is 0. The minimum absolute atomic E-state index is 0. The molecule has 12 heavy (non-hydrogen) atoms. The van der Waals surface area contributed by atoms with Crippen LogP contribution in [0.4, 0.5) is 0 Å². The maximum atomic E-state index is 8.52. The Morgan fingerprint density at radius 2 is 0.917 bits per heavy atom. The van der Waals surface area contributed by atoms with Gasteiger partial charge in [0.25, 0.3) is 0 Å². The van der Waals surface area contributed by atoms with E-state index in [2.05, 4.69) is 0 Å². The minimum Gasteiger partial charge on any atom is -0.759 e. The van der Waals surface area contributed by atoms with E-state index in [1.54, 1.807) is 0 Å². The molecule has 0 aromatic rings. The second kappa shape index (κ2) is 15.5. The zero-order chi connectivity index (χ0) is 8.08. The molecule has 0 bridgehead atoms. The predicted octanol–water partition coefficient (Wildman–Crippen LogP) is -10.6. The van der Waals surface area contributed by atoms with E-state index in [0.717, 1.165) is 0 Å². The molecule has 0 N–H and O–H groups in total. The fraction of sp³-hybridized carbons (Fsp3) is 0. The Labute approximate surface area is 135 Å². The van der Waals surface area contributed by atoms with E-state index >= 15 is 0 Å². The Morgan fingerprint density at radius 3 is 0.917 bits per heavy atom. The number of nitrogens with zero attached hydrogens (tertiary/aromatic N) is 1. The third-order valence-electron chi connectivity index (χ3n) is 0. The van der Waals surface area contributed by atoms with Gasteiger partial charge in [0.15, 0.2) is 0 Å². The van der Waals surface area contributed by atoms with Crippen molar-refractivity contribution < 1.29 is 111 Å². The Balaban J connectivity index is -0.0000000221. The molecule has 0 aliphatic heterocycles. The summed E-state index contributed by atoms with van der Waals surface area (Å²) in [5, 5.41) is 14.8. The summed E-state index contributed by atoms with van der Waals surface area (Å²) in [7, 11) is -5.17. The second-order valence-corrected chi connectivity index (χ2v) is 1.45. The van der Waals surface area contributed by atoms with Crippen LogP contribution in [0.1, 0.15) is 0 Å². The summed E-state index contributed by atoms with van der Waals surface area (Å²) in [5.41, 5.74) is 0. The zero-order valence-corrected chi connectivity index (χ0v) is 13.5. The molecule has 0 unspecified atom stereocenters. The van der Waals surface area contributed by atoms with Crippen LogP contribution in [-0.2, 0) is 10.4 Å². The molecule has 0 aliphatic carbocycles. The Hall–Kier alpha value is 2.07. The van der Waals surface area contributed by atoms with E-state index in [9.17, 15) is 0 Å². The molecular weight excluding hydrogens is 227 g/mol. The first-order chi connectivity index (χ1) is 3.73. The molecule has 0 aromatic heterocycles. The molecule has 12 heteroatoms. The largest absolute Gasteiger partial charge is 1.00 e. The summed E-state index contributed by atoms with van der Waals surface area (Å²) in [6, 6.07) is 0. The van der Waals surface area contributed by atoms with Crippen molar-refractivity contribution in [3.8, 4) is 0 Å². The van der Waals surface area contributed by atoms with Gasteiger partial charge in [-0.25, -0.2) is 0 Å². The van der Waals surface area contributed by atoms with Gasteiger partial charge in [-0.3, -0.25) is 8.42 Å². The topological polar surface area (TPSA) is 146 Å². The van der Waals surface area contributed by atoms with Gasteiger partial charge in [0.2, 0.25) is 0 Å². The zero-order valence-electron chi connectivity index (χ0n) is 6.71. The molecule has 0 aliphatic rings. The van der Waals surface area contributed by atoms with Gasteiger partial charge >= 0.3 is 88.7 Å². The Bertz CT molecular complexity index is 161. The average Bonchev–Trinajstić information content (AvgIpc) is 1.19. The fourth-order valence-corrected chi connectivity index (χ4v) is 0. The molecule has 0 saturated carbocycles. The van der Waals surface area contributed by atoms with Crippen molar-refractivity contribution in [1.82, 2.24) is 0 Å². The molecule has 0 aromatic carbocycles. The SMILES string of the molecule is O=S(=O)([O-])[O-].O=[N+]([O-])[O-].[Na+].[Na+].[Na+]. The van der Waals surface area contributed by atoms with E-state index in [0.29, 0.717) is 0 Å². The van der Waals surface area contributed by atoms with Gasteiger partial charge in [-0.2, -0.15) is 0 Å². The van der Waals surface area contributed by atoms with Crippen molar-refractivity contribution in [2.24, 2.45) is 0 Å². The third kappa shape index (κ3) is 345. The smallest absolute Gasteiger partial charge is 0.759 e. The van der Waals surface area contributed by atoms with Crippen LogP contribution in [0.25, 0.3) is 0 Å². The molecule has 8 nitrogen and oxygen atoms in total. The van der Waals surface area contributed by atoms with Gasteiger partial charge in [-0.1, -0.05) is 0 Å². The Kier molecular flexibility index (Phi) is 37.8. The summed E-state index contributed by atoms with van der Waals surface area (Å²) >= 11 is 0. The van der Waals surface area contributed by atoms with Crippen molar-refractivity contribution in [3.05, 3.63) is 15.3 Å². The minimum atomic E-state index is -5.17. The maximum absolute atomic E-state index is 8.52. The van der Waals surface area contributed by atoms with E-state index in [4.69, 9.17) is 32.8 Å². The van der Waals surface area contributed by atoms with Crippen LogP contribution in [0.15, 0.2) is 0 Å². The molecule has 0 radical (unpaired) electrons. The van der Waals surface area contributed by atoms with Crippen LogP contribution >= 0.6 is 0 Å². The maximum Gasteiger partial charge on any atom is 1.00 e. The molecular formula is NNa3O7S. The van der Waals surface area contributed by atoms with Gasteiger partial charge in [0.1, 0.15) is 0 Å². The van der Waals surface area contributed by atoms with Crippen LogP contribution in [0.2, 0.25) is 0 Å². The predicted molar refractivity (Wildman–Crippen MR) is 20.8 cm³/mol. The average molecular weight is 227 g/mol. The van der Waals surface area contributed by atoms with Crippen molar-refractivity contribution >= 4 is 10.4 Å². The van der Waals surface area contributed by atoms with Gasteiger partial charge in [0, 0.05) is 10.4 Å². The summed E-state index contributed by atoms with van der Waals surface area (Å²) in [4.78, 5) is 8.25. The van der Waals surface area contributed by atoms with Crippen LogP contribution in [-0.4, -0.2) is 22.6 Å². The molecule has 0 saturated heterocycles. The van der Waals surface area contributed by atoms with Gasteiger partial charge in [-0.05, 0) is 0 Å². The van der Waals surface area contributed by atoms with Crippen LogP contribution in [0.5, 0.6) is 0 Å². The van der Waals surface area contributed by atoms with E-state index in [-0.39, 0.29) is 88.7 Å². The first kappa shape index (κ1) is 29.2.